The molecule has 1 saturated heterocycles. The maximum absolute atomic E-state index is 4.43. The van der Waals surface area contributed by atoms with Gasteiger partial charge in [0.2, 0.25) is 0 Å². The van der Waals surface area contributed by atoms with Gasteiger partial charge in [-0.2, -0.15) is 0 Å². The van der Waals surface area contributed by atoms with Crippen LogP contribution in [-0.2, 0) is 0 Å². The second kappa shape index (κ2) is 7.90. The zero-order valence-corrected chi connectivity index (χ0v) is 14.8. The first-order valence-electron chi connectivity index (χ1n) is 8.32. The van der Waals surface area contributed by atoms with Crippen LogP contribution in [0.4, 0.5) is 5.13 Å². The van der Waals surface area contributed by atoms with Crippen molar-refractivity contribution in [1.82, 2.24) is 15.2 Å². The molecule has 1 fully saturated rings. The summed E-state index contributed by atoms with van der Waals surface area (Å²) in [6.45, 7) is 3.21. The minimum Gasteiger partial charge on any atom is -0.348 e. The van der Waals surface area contributed by atoms with Crippen LogP contribution < -0.4 is 10.2 Å². The molecule has 1 aromatic carbocycles. The summed E-state index contributed by atoms with van der Waals surface area (Å²) >= 11 is 1.74. The van der Waals surface area contributed by atoms with Crippen LogP contribution in [0, 0.1) is 0 Å². The minimum absolute atomic E-state index is 0.391. The van der Waals surface area contributed by atoms with E-state index in [9.17, 15) is 0 Å². The first-order valence-corrected chi connectivity index (χ1v) is 9.20. The number of piperidine rings is 1. The maximum atomic E-state index is 4.43. The van der Waals surface area contributed by atoms with Crippen molar-refractivity contribution in [3.8, 4) is 0 Å². The molecule has 3 rings (SSSR count). The molecular formula is C18H26N4S. The van der Waals surface area contributed by atoms with Gasteiger partial charge in [0.05, 0.1) is 0 Å². The molecule has 1 N–H and O–H groups in total. The first-order chi connectivity index (χ1) is 11.2. The molecule has 0 amide bonds. The van der Waals surface area contributed by atoms with Crippen molar-refractivity contribution in [3.63, 3.8) is 0 Å². The normalized spacial score (nSPS) is 17.6. The number of nitrogens with one attached hydrogen (secondary N) is 1. The molecule has 0 radical (unpaired) electrons. The molecule has 2 heterocycles. The van der Waals surface area contributed by atoms with Crippen LogP contribution in [0.3, 0.4) is 0 Å². The summed E-state index contributed by atoms with van der Waals surface area (Å²) in [6.07, 6.45) is 4.25. The van der Waals surface area contributed by atoms with Crippen molar-refractivity contribution < 1.29 is 0 Å². The number of nitrogens with zero attached hydrogens (tertiary/aromatic N) is 3. The highest BCUT2D eigenvalue weighted by atomic mass is 32.1. The Labute approximate surface area is 143 Å². The van der Waals surface area contributed by atoms with Crippen LogP contribution in [0.2, 0.25) is 0 Å². The van der Waals surface area contributed by atoms with Gasteiger partial charge >= 0.3 is 0 Å². The average molecular weight is 331 g/mol. The number of hydrogen-bond donors (Lipinski definition) is 1. The Morgan fingerprint density at radius 3 is 2.61 bits per heavy atom. The Balaban J connectivity index is 1.58. The summed E-state index contributed by atoms with van der Waals surface area (Å²) in [7, 11) is 4.28. The van der Waals surface area contributed by atoms with Crippen molar-refractivity contribution in [2.45, 2.75) is 24.9 Å². The molecule has 1 aliphatic rings. The summed E-state index contributed by atoms with van der Waals surface area (Å²) in [5, 5.41) is 7.11. The molecule has 23 heavy (non-hydrogen) atoms. The molecule has 1 atom stereocenters. The molecular weight excluding hydrogens is 304 g/mol. The molecule has 0 saturated carbocycles. The lowest BCUT2D eigenvalue weighted by Crippen LogP contribution is -2.45. The van der Waals surface area contributed by atoms with E-state index in [0.717, 1.165) is 24.8 Å². The van der Waals surface area contributed by atoms with E-state index < -0.39 is 0 Å². The fourth-order valence-electron chi connectivity index (χ4n) is 3.20. The molecule has 5 heteroatoms. The lowest BCUT2D eigenvalue weighted by molar-refractivity contribution is 0.299. The SMILES string of the molecule is CN(C)CC(NC1CCN(c2nccs2)CC1)c1ccccc1. The lowest BCUT2D eigenvalue weighted by atomic mass is 10.0. The summed E-state index contributed by atoms with van der Waals surface area (Å²) < 4.78 is 0. The van der Waals surface area contributed by atoms with E-state index in [1.165, 1.54) is 18.4 Å². The monoisotopic (exact) mass is 330 g/mol. The van der Waals surface area contributed by atoms with Crippen molar-refractivity contribution in [3.05, 3.63) is 47.5 Å². The van der Waals surface area contributed by atoms with Crippen molar-refractivity contribution in [1.29, 1.82) is 0 Å². The number of benzene rings is 1. The smallest absolute Gasteiger partial charge is 0.185 e. The number of anilines is 1. The van der Waals surface area contributed by atoms with Crippen molar-refractivity contribution in [2.24, 2.45) is 0 Å². The fraction of sp³-hybridized carbons (Fsp3) is 0.500. The number of likely N-dealkylation sites (N-methyl/N-ethyl adjacent to an activating group) is 1. The van der Waals surface area contributed by atoms with Crippen molar-refractivity contribution in [2.75, 3.05) is 38.6 Å². The number of thiazole rings is 1. The number of rotatable bonds is 6. The molecule has 0 bridgehead atoms. The van der Waals surface area contributed by atoms with Crippen LogP contribution in [-0.4, -0.2) is 49.7 Å². The molecule has 1 unspecified atom stereocenters. The fourth-order valence-corrected chi connectivity index (χ4v) is 3.90. The minimum atomic E-state index is 0.391. The predicted octanol–water partition coefficient (Wildman–Crippen LogP) is 3.00. The van der Waals surface area contributed by atoms with Gasteiger partial charge in [0.1, 0.15) is 0 Å². The summed E-state index contributed by atoms with van der Waals surface area (Å²) in [6, 6.07) is 11.8. The Morgan fingerprint density at radius 1 is 1.26 bits per heavy atom. The van der Waals surface area contributed by atoms with Crippen LogP contribution >= 0.6 is 11.3 Å². The molecule has 2 aromatic rings. The first kappa shape index (κ1) is 16.4. The van der Waals surface area contributed by atoms with Crippen molar-refractivity contribution >= 4 is 16.5 Å². The summed E-state index contributed by atoms with van der Waals surface area (Å²) in [5.41, 5.74) is 1.38. The van der Waals surface area contributed by atoms with E-state index in [1.807, 2.05) is 6.20 Å². The highest BCUT2D eigenvalue weighted by molar-refractivity contribution is 7.13. The van der Waals surface area contributed by atoms with E-state index in [-0.39, 0.29) is 0 Å². The number of hydrogen-bond acceptors (Lipinski definition) is 5. The molecule has 1 aliphatic heterocycles. The number of aromatic nitrogens is 1. The summed E-state index contributed by atoms with van der Waals surface area (Å²) in [5.74, 6) is 0. The van der Waals surface area contributed by atoms with E-state index in [1.54, 1.807) is 11.3 Å². The van der Waals surface area contributed by atoms with Crippen LogP contribution in [0.15, 0.2) is 41.9 Å². The third-order valence-electron chi connectivity index (χ3n) is 4.37. The third kappa shape index (κ3) is 4.53. The highest BCUT2D eigenvalue weighted by Gasteiger charge is 2.23. The zero-order valence-electron chi connectivity index (χ0n) is 14.0. The Kier molecular flexibility index (Phi) is 5.65. The largest absolute Gasteiger partial charge is 0.348 e. The second-order valence-electron chi connectivity index (χ2n) is 6.47. The van der Waals surface area contributed by atoms with Gasteiger partial charge in [-0.05, 0) is 32.5 Å². The second-order valence-corrected chi connectivity index (χ2v) is 7.34. The third-order valence-corrected chi connectivity index (χ3v) is 5.20. The van der Waals surface area contributed by atoms with Gasteiger partial charge in [0, 0.05) is 43.3 Å². The van der Waals surface area contributed by atoms with Gasteiger partial charge in [-0.1, -0.05) is 30.3 Å². The topological polar surface area (TPSA) is 31.4 Å². The molecule has 0 spiro atoms. The van der Waals surface area contributed by atoms with Gasteiger partial charge in [-0.15, -0.1) is 11.3 Å². The van der Waals surface area contributed by atoms with Gasteiger partial charge in [-0.3, -0.25) is 0 Å². The molecule has 0 aliphatic carbocycles. The zero-order chi connectivity index (χ0) is 16.1. The van der Waals surface area contributed by atoms with E-state index in [4.69, 9.17) is 0 Å². The van der Waals surface area contributed by atoms with Crippen LogP contribution in [0.1, 0.15) is 24.4 Å². The van der Waals surface area contributed by atoms with E-state index >= 15 is 0 Å². The van der Waals surface area contributed by atoms with E-state index in [2.05, 4.69) is 69.9 Å². The van der Waals surface area contributed by atoms with Gasteiger partial charge in [0.15, 0.2) is 5.13 Å². The summed E-state index contributed by atoms with van der Waals surface area (Å²) in [4.78, 5) is 9.10. The molecule has 1 aromatic heterocycles. The van der Waals surface area contributed by atoms with Crippen LogP contribution in [0.5, 0.6) is 0 Å². The average Bonchev–Trinajstić information content (AvgIpc) is 3.10. The predicted molar refractivity (Wildman–Crippen MR) is 98.2 cm³/mol. The van der Waals surface area contributed by atoms with Gasteiger partial charge in [-0.25, -0.2) is 4.98 Å². The van der Waals surface area contributed by atoms with Gasteiger partial charge in [0.25, 0.3) is 0 Å². The standard InChI is InChI=1S/C18H26N4S/c1-21(2)14-17(15-6-4-3-5-7-15)20-16-8-11-22(12-9-16)18-19-10-13-23-18/h3-7,10,13,16-17,20H,8-9,11-12,14H2,1-2H3. The highest BCUT2D eigenvalue weighted by Crippen LogP contribution is 2.23. The molecule has 4 nitrogen and oxygen atoms in total. The Bertz CT molecular complexity index is 562. The van der Waals surface area contributed by atoms with E-state index in [0.29, 0.717) is 12.1 Å². The molecule has 124 valence electrons. The quantitative estimate of drug-likeness (QED) is 0.882. The Morgan fingerprint density at radius 2 is 2.00 bits per heavy atom. The van der Waals surface area contributed by atoms with Gasteiger partial charge < -0.3 is 15.1 Å². The maximum Gasteiger partial charge on any atom is 0.185 e. The Hall–Kier alpha value is -1.43. The van der Waals surface area contributed by atoms with Crippen LogP contribution in [0.25, 0.3) is 0 Å². The lowest BCUT2D eigenvalue weighted by Gasteiger charge is -2.35.